The van der Waals surface area contributed by atoms with E-state index in [0.717, 1.165) is 4.90 Å². The second kappa shape index (κ2) is 8.35. The average Bonchev–Trinajstić information content (AvgIpc) is 3.40. The van der Waals surface area contributed by atoms with Gasteiger partial charge in [-0.3, -0.25) is 29.5 Å². The zero-order valence-corrected chi connectivity index (χ0v) is 18.6. The molecule has 2 aromatic rings. The van der Waals surface area contributed by atoms with Crippen LogP contribution in [0.5, 0.6) is 11.5 Å². The number of carbonyl (C=O) groups is 5. The summed E-state index contributed by atoms with van der Waals surface area (Å²) in [6, 6.07) is 8.06. The highest BCUT2D eigenvalue weighted by atomic mass is 16.7. The van der Waals surface area contributed by atoms with Crippen LogP contribution in [0, 0.1) is 5.41 Å². The van der Waals surface area contributed by atoms with E-state index in [2.05, 4.69) is 5.32 Å². The van der Waals surface area contributed by atoms with Crippen molar-refractivity contribution in [3.05, 3.63) is 53.1 Å². The van der Waals surface area contributed by atoms with E-state index >= 15 is 0 Å². The number of Topliss-reactive ketones (excluding diaryl/α,β-unsaturated/α-hetero) is 2. The second-order valence-electron chi connectivity index (χ2n) is 8.39. The number of anilines is 1. The highest BCUT2D eigenvalue weighted by Gasteiger charge is 2.47. The molecule has 0 saturated heterocycles. The highest BCUT2D eigenvalue weighted by Crippen LogP contribution is 2.34. The largest absolute Gasteiger partial charge is 0.454 e. The summed E-state index contributed by atoms with van der Waals surface area (Å²) < 4.78 is 10.6. The van der Waals surface area contributed by atoms with Crippen LogP contribution in [-0.4, -0.2) is 64.8 Å². The Labute approximate surface area is 199 Å². The molecule has 2 heterocycles. The van der Waals surface area contributed by atoms with Gasteiger partial charge < -0.3 is 19.7 Å². The Morgan fingerprint density at radius 1 is 1.11 bits per heavy atom. The quantitative estimate of drug-likeness (QED) is 0.642. The zero-order valence-electron chi connectivity index (χ0n) is 18.6. The number of ether oxygens (including phenoxy) is 2. The van der Waals surface area contributed by atoms with E-state index in [4.69, 9.17) is 14.9 Å². The van der Waals surface area contributed by atoms with Gasteiger partial charge >= 0.3 is 6.03 Å². The first-order chi connectivity index (χ1) is 16.8. The maximum absolute atomic E-state index is 13.3. The minimum atomic E-state index is -1.19. The lowest BCUT2D eigenvalue weighted by Gasteiger charge is -2.27. The van der Waals surface area contributed by atoms with E-state index in [1.165, 1.54) is 11.0 Å². The van der Waals surface area contributed by atoms with Gasteiger partial charge in [-0.1, -0.05) is 12.1 Å². The molecule has 35 heavy (non-hydrogen) atoms. The van der Waals surface area contributed by atoms with Gasteiger partial charge in [0.1, 0.15) is 11.8 Å². The molecule has 178 valence electrons. The predicted molar refractivity (Wildman–Crippen MR) is 121 cm³/mol. The number of hydrogen-bond acceptors (Lipinski definition) is 8. The molecule has 1 aliphatic carbocycles. The summed E-state index contributed by atoms with van der Waals surface area (Å²) in [5.41, 5.74) is 0.457. The average molecular weight is 476 g/mol. The van der Waals surface area contributed by atoms with Gasteiger partial charge in [0, 0.05) is 31.8 Å². The Hall–Kier alpha value is -4.54. The maximum atomic E-state index is 13.3. The number of nitrogens with zero attached hydrogens (tertiary/aromatic N) is 2. The molecule has 2 aliphatic heterocycles. The summed E-state index contributed by atoms with van der Waals surface area (Å²) >= 11 is 0. The second-order valence-corrected chi connectivity index (χ2v) is 8.39. The molecular formula is C24H20N4O7. The van der Waals surface area contributed by atoms with E-state index in [1.54, 1.807) is 37.4 Å². The topological polar surface area (TPSA) is 146 Å². The van der Waals surface area contributed by atoms with E-state index in [0.29, 0.717) is 22.7 Å². The molecule has 5 rings (SSSR count). The van der Waals surface area contributed by atoms with Crippen molar-refractivity contribution >= 4 is 40.8 Å². The van der Waals surface area contributed by atoms with Crippen molar-refractivity contribution in [1.29, 1.82) is 5.41 Å². The number of benzene rings is 2. The fourth-order valence-corrected chi connectivity index (χ4v) is 4.38. The molecule has 1 unspecified atom stereocenters. The summed E-state index contributed by atoms with van der Waals surface area (Å²) in [4.78, 5) is 65.4. The molecule has 11 heteroatoms. The third-order valence-corrected chi connectivity index (χ3v) is 6.20. The lowest BCUT2D eigenvalue weighted by Crippen LogP contribution is -2.51. The zero-order chi connectivity index (χ0) is 24.9. The normalized spacial score (nSPS) is 18.7. The Bertz CT molecular complexity index is 1340. The number of carbonyl (C=O) groups excluding carboxylic acids is 5. The highest BCUT2D eigenvalue weighted by molar-refractivity contribution is 6.67. The predicted octanol–water partition coefficient (Wildman–Crippen LogP) is 2.00. The molecular weight excluding hydrogens is 456 g/mol. The minimum absolute atomic E-state index is 0.0132. The van der Waals surface area contributed by atoms with Gasteiger partial charge in [-0.2, -0.15) is 0 Å². The number of rotatable bonds is 4. The van der Waals surface area contributed by atoms with Crippen molar-refractivity contribution < 1.29 is 33.4 Å². The number of imide groups is 1. The third-order valence-electron chi connectivity index (χ3n) is 6.20. The van der Waals surface area contributed by atoms with Crippen molar-refractivity contribution in [2.75, 3.05) is 19.2 Å². The number of ketones is 2. The van der Waals surface area contributed by atoms with Gasteiger partial charge in [-0.05, 0) is 30.2 Å². The van der Waals surface area contributed by atoms with Gasteiger partial charge in [0.25, 0.3) is 11.8 Å². The first-order valence-corrected chi connectivity index (χ1v) is 10.8. The molecule has 2 N–H and O–H groups in total. The fraction of sp³-hybridized carbons (Fsp3) is 0.250. The van der Waals surface area contributed by atoms with Crippen LogP contribution in [0.2, 0.25) is 0 Å². The number of fused-ring (bicyclic) bond motifs is 2. The molecule has 11 nitrogen and oxygen atoms in total. The molecule has 0 aromatic heterocycles. The van der Waals surface area contributed by atoms with Crippen molar-refractivity contribution in [1.82, 2.24) is 9.80 Å². The first-order valence-electron chi connectivity index (χ1n) is 10.8. The smallest absolute Gasteiger partial charge is 0.321 e. The number of hydrogen-bond donors (Lipinski definition) is 2. The Morgan fingerprint density at radius 2 is 1.89 bits per heavy atom. The van der Waals surface area contributed by atoms with E-state index < -0.39 is 41.2 Å². The van der Waals surface area contributed by atoms with Gasteiger partial charge in [-0.15, -0.1) is 0 Å². The number of amides is 4. The van der Waals surface area contributed by atoms with E-state index in [-0.39, 0.29) is 37.3 Å². The van der Waals surface area contributed by atoms with E-state index in [9.17, 15) is 24.0 Å². The summed E-state index contributed by atoms with van der Waals surface area (Å²) in [5, 5.41) is 10.4. The Balaban J connectivity index is 1.34. The first kappa shape index (κ1) is 22.3. The lowest BCUT2D eigenvalue weighted by molar-refractivity contribution is -0.122. The van der Waals surface area contributed by atoms with Crippen LogP contribution in [0.1, 0.15) is 39.1 Å². The SMILES string of the molecule is CN(Cc1cccc2c1C(=O)N(C1CCC(=O)C(=N)C1=O)C2=O)C(=O)Nc1ccc2c(c1)OCO2. The van der Waals surface area contributed by atoms with Crippen LogP contribution >= 0.6 is 0 Å². The van der Waals surface area contributed by atoms with Crippen LogP contribution in [-0.2, 0) is 16.1 Å². The van der Waals surface area contributed by atoms with Crippen molar-refractivity contribution in [3.63, 3.8) is 0 Å². The van der Waals surface area contributed by atoms with Crippen molar-refractivity contribution in [2.45, 2.75) is 25.4 Å². The number of nitrogens with one attached hydrogen (secondary N) is 2. The minimum Gasteiger partial charge on any atom is -0.454 e. The van der Waals surface area contributed by atoms with Gasteiger partial charge in [-0.25, -0.2) is 4.79 Å². The molecule has 0 bridgehead atoms. The summed E-state index contributed by atoms with van der Waals surface area (Å²) in [5.74, 6) is -1.66. The van der Waals surface area contributed by atoms with Crippen LogP contribution < -0.4 is 14.8 Å². The monoisotopic (exact) mass is 476 g/mol. The molecule has 0 radical (unpaired) electrons. The summed E-state index contributed by atoms with van der Waals surface area (Å²) in [6.07, 6.45) is -0.100. The summed E-state index contributed by atoms with van der Waals surface area (Å²) in [7, 11) is 1.54. The number of urea groups is 1. The third kappa shape index (κ3) is 3.70. The fourth-order valence-electron chi connectivity index (χ4n) is 4.38. The lowest BCUT2D eigenvalue weighted by atomic mass is 9.90. The maximum Gasteiger partial charge on any atom is 0.321 e. The Kier molecular flexibility index (Phi) is 5.31. The summed E-state index contributed by atoms with van der Waals surface area (Å²) in [6.45, 7) is 0.124. The molecule has 1 fully saturated rings. The van der Waals surface area contributed by atoms with Gasteiger partial charge in [0.2, 0.25) is 12.6 Å². The van der Waals surface area contributed by atoms with Crippen LogP contribution in [0.3, 0.4) is 0 Å². The molecule has 1 atom stereocenters. The molecule has 3 aliphatic rings. The van der Waals surface area contributed by atoms with Crippen molar-refractivity contribution in [3.8, 4) is 11.5 Å². The molecule has 1 saturated carbocycles. The van der Waals surface area contributed by atoms with Crippen LogP contribution in [0.4, 0.5) is 10.5 Å². The van der Waals surface area contributed by atoms with E-state index in [1.807, 2.05) is 0 Å². The molecule has 4 amide bonds. The van der Waals surface area contributed by atoms with Gasteiger partial charge in [0.05, 0.1) is 11.1 Å². The molecule has 0 spiro atoms. The standard InChI is InChI=1S/C24H20N4O7/c1-27(24(33)26-13-5-8-17-18(9-13)35-11-34-17)10-12-3-2-4-14-19(12)23(32)28(22(14)31)15-6-7-16(29)20(25)21(15)30/h2-5,8-9,15,25H,6-7,10-11H2,1H3,(H,26,33). The van der Waals surface area contributed by atoms with Gasteiger partial charge in [0.15, 0.2) is 17.3 Å². The van der Waals surface area contributed by atoms with Crippen molar-refractivity contribution in [2.24, 2.45) is 0 Å². The Morgan fingerprint density at radius 3 is 2.69 bits per heavy atom. The van der Waals surface area contributed by atoms with Crippen LogP contribution in [0.15, 0.2) is 36.4 Å². The molecule has 2 aromatic carbocycles. The van der Waals surface area contributed by atoms with Crippen LogP contribution in [0.25, 0.3) is 0 Å².